The molecule has 8 aromatic rings. The Bertz CT molecular complexity index is 2580. The van der Waals surface area contributed by atoms with Gasteiger partial charge in [-0.25, -0.2) is 4.85 Å². The van der Waals surface area contributed by atoms with E-state index in [1.807, 2.05) is 72.8 Å². The van der Waals surface area contributed by atoms with Gasteiger partial charge in [0.05, 0.1) is 40.9 Å². The highest BCUT2D eigenvalue weighted by atomic mass is 28.3. The average molecular weight is 653 g/mol. The van der Waals surface area contributed by atoms with Gasteiger partial charge in [-0.05, 0) is 74.3 Å². The van der Waals surface area contributed by atoms with Crippen LogP contribution in [0.4, 0.5) is 5.69 Å². The van der Waals surface area contributed by atoms with Crippen LogP contribution in [0.25, 0.3) is 43.5 Å². The molecule has 0 atom stereocenters. The second kappa shape index (κ2) is 12.6. The van der Waals surface area contributed by atoms with Crippen LogP contribution in [0.15, 0.2) is 170 Å². The van der Waals surface area contributed by atoms with Crippen LogP contribution >= 0.6 is 0 Å². The van der Waals surface area contributed by atoms with Gasteiger partial charge in [-0.15, -0.1) is 0 Å². The van der Waals surface area contributed by atoms with E-state index in [1.165, 1.54) is 15.6 Å². The largest absolute Gasteiger partial charge is 0.309 e. The lowest BCUT2D eigenvalue weighted by atomic mass is 9.97. The van der Waals surface area contributed by atoms with Crippen molar-refractivity contribution in [1.82, 2.24) is 4.57 Å². The van der Waals surface area contributed by atoms with Crippen LogP contribution in [0.5, 0.6) is 0 Å². The van der Waals surface area contributed by atoms with Crippen molar-refractivity contribution in [3.63, 3.8) is 0 Å². The van der Waals surface area contributed by atoms with Gasteiger partial charge in [-0.3, -0.25) is 0 Å². The maximum absolute atomic E-state index is 10.7. The normalized spacial score (nSPS) is 11.1. The van der Waals surface area contributed by atoms with E-state index in [0.29, 0.717) is 22.4 Å². The third-order valence-corrected chi connectivity index (χ3v) is 14.5. The van der Waals surface area contributed by atoms with Gasteiger partial charge in [0.1, 0.15) is 0 Å². The van der Waals surface area contributed by atoms with Crippen LogP contribution in [-0.2, 0) is 0 Å². The van der Waals surface area contributed by atoms with E-state index in [0.717, 1.165) is 38.2 Å². The molecular weight excluding hydrogens is 625 g/mol. The lowest BCUT2D eigenvalue weighted by Crippen LogP contribution is -2.75. The van der Waals surface area contributed by atoms with Crippen molar-refractivity contribution in [3.8, 4) is 29.0 Å². The zero-order valence-corrected chi connectivity index (χ0v) is 28.0. The summed E-state index contributed by atoms with van der Waals surface area (Å²) in [5.41, 5.74) is 5.90. The van der Waals surface area contributed by atoms with Gasteiger partial charge in [-0.2, -0.15) is 10.5 Å². The smallest absolute Gasteiger partial charge is 0.194 e. The fourth-order valence-electron chi connectivity index (χ4n) is 7.56. The molecule has 50 heavy (non-hydrogen) atoms. The van der Waals surface area contributed by atoms with Gasteiger partial charge in [-0.1, -0.05) is 127 Å². The second-order valence-electron chi connectivity index (χ2n) is 12.2. The monoisotopic (exact) mass is 652 g/mol. The number of hydrogen-bond acceptors (Lipinski definition) is 2. The quantitative estimate of drug-likeness (QED) is 0.104. The molecule has 232 valence electrons. The minimum Gasteiger partial charge on any atom is -0.309 e. The summed E-state index contributed by atoms with van der Waals surface area (Å²) in [5, 5.41) is 27.0. The third kappa shape index (κ3) is 4.72. The predicted octanol–water partition coefficient (Wildman–Crippen LogP) is 8.12. The first-order valence-corrected chi connectivity index (χ1v) is 18.3. The Kier molecular flexibility index (Phi) is 7.63. The molecule has 7 aromatic carbocycles. The molecular formula is C45H28N4Si. The highest BCUT2D eigenvalue weighted by Gasteiger charge is 2.43. The molecule has 1 aromatic heterocycles. The molecule has 0 spiro atoms. The minimum atomic E-state index is -3.08. The Morgan fingerprint density at radius 3 is 1.74 bits per heavy atom. The second-order valence-corrected chi connectivity index (χ2v) is 16.0. The lowest BCUT2D eigenvalue weighted by molar-refractivity contribution is 1.18. The summed E-state index contributed by atoms with van der Waals surface area (Å²) in [6.45, 7) is 8.45. The van der Waals surface area contributed by atoms with Crippen molar-refractivity contribution in [2.24, 2.45) is 0 Å². The highest BCUT2D eigenvalue weighted by Crippen LogP contribution is 2.37. The van der Waals surface area contributed by atoms with Crippen molar-refractivity contribution in [1.29, 1.82) is 10.5 Å². The van der Waals surface area contributed by atoms with Crippen molar-refractivity contribution in [2.75, 3.05) is 0 Å². The Balaban J connectivity index is 1.50. The molecule has 0 aliphatic heterocycles. The van der Waals surface area contributed by atoms with Crippen LogP contribution in [0.3, 0.4) is 0 Å². The Labute approximate surface area is 291 Å². The number of hydrogen-bond donors (Lipinski definition) is 0. The zero-order valence-electron chi connectivity index (χ0n) is 27.0. The summed E-state index contributed by atoms with van der Waals surface area (Å²) in [4.78, 5) is 4.11. The summed E-state index contributed by atoms with van der Waals surface area (Å²) in [6.07, 6.45) is 0. The number of rotatable bonds is 6. The molecule has 0 radical (unpaired) electrons. The van der Waals surface area contributed by atoms with Crippen molar-refractivity contribution >= 4 is 56.3 Å². The Morgan fingerprint density at radius 2 is 1.14 bits per heavy atom. The molecule has 0 aliphatic rings. The van der Waals surface area contributed by atoms with Gasteiger partial charge in [0, 0.05) is 16.5 Å². The topological polar surface area (TPSA) is 56.9 Å². The SMILES string of the molecule is [C-]#[N+]c1cccc([Si](c2ccccc2)(c2ccccc2)c2ccccc2)c1-c1cc(-n2c3ccccc3c3cc(C#N)ccc32)ccc1C#N. The molecule has 0 unspecified atom stereocenters. The first-order chi connectivity index (χ1) is 24.7. The third-order valence-electron chi connectivity index (χ3n) is 9.64. The molecule has 0 aliphatic carbocycles. The van der Waals surface area contributed by atoms with Crippen LogP contribution in [0, 0.1) is 29.2 Å². The van der Waals surface area contributed by atoms with E-state index >= 15 is 0 Å². The molecule has 5 heteroatoms. The standard InChI is InChI=1S/C45H28N4Si/c1-48-41-21-13-23-44(50(35-14-5-2-6-15-35,36-16-7-3-8-17-36)37-18-9-4-10-19-37)45(41)39-29-34(26-25-33(39)31-47)49-42-22-12-11-20-38(42)40-28-32(30-46)24-27-43(40)49/h2-29H. The molecule has 4 nitrogen and oxygen atoms in total. The van der Waals surface area contributed by atoms with Gasteiger partial charge >= 0.3 is 0 Å². The zero-order chi connectivity index (χ0) is 34.1. The van der Waals surface area contributed by atoms with Crippen LogP contribution in [0.1, 0.15) is 11.1 Å². The van der Waals surface area contributed by atoms with E-state index in [9.17, 15) is 10.5 Å². The summed E-state index contributed by atoms with van der Waals surface area (Å²) in [6, 6.07) is 62.5. The molecule has 1 heterocycles. The molecule has 0 N–H and O–H groups in total. The number of nitrogens with zero attached hydrogens (tertiary/aromatic N) is 4. The number of nitriles is 2. The minimum absolute atomic E-state index is 0.496. The van der Waals surface area contributed by atoms with E-state index in [2.05, 4.69) is 119 Å². The van der Waals surface area contributed by atoms with Crippen LogP contribution < -0.4 is 20.7 Å². The van der Waals surface area contributed by atoms with Crippen molar-refractivity contribution in [2.45, 2.75) is 0 Å². The van der Waals surface area contributed by atoms with Crippen LogP contribution in [-0.4, -0.2) is 12.6 Å². The molecule has 8 rings (SSSR count). The predicted molar refractivity (Wildman–Crippen MR) is 206 cm³/mol. The maximum atomic E-state index is 10.7. The molecule has 0 fully saturated rings. The van der Waals surface area contributed by atoms with E-state index in [1.54, 1.807) is 0 Å². The van der Waals surface area contributed by atoms with Gasteiger partial charge in [0.2, 0.25) is 0 Å². The first kappa shape index (κ1) is 30.4. The summed E-state index contributed by atoms with van der Waals surface area (Å²) < 4.78 is 2.19. The molecule has 0 saturated carbocycles. The molecule has 0 bridgehead atoms. The maximum Gasteiger partial charge on any atom is 0.194 e. The van der Waals surface area contributed by atoms with E-state index < -0.39 is 8.07 Å². The Hall–Kier alpha value is -6.97. The first-order valence-electron chi connectivity index (χ1n) is 16.3. The molecule has 0 amide bonds. The van der Waals surface area contributed by atoms with Crippen LogP contribution in [0.2, 0.25) is 0 Å². The number of benzene rings is 7. The molecule has 0 saturated heterocycles. The van der Waals surface area contributed by atoms with E-state index in [4.69, 9.17) is 6.57 Å². The van der Waals surface area contributed by atoms with E-state index in [-0.39, 0.29) is 0 Å². The van der Waals surface area contributed by atoms with Gasteiger partial charge in [0.25, 0.3) is 0 Å². The van der Waals surface area contributed by atoms with Gasteiger partial charge < -0.3 is 4.57 Å². The number of para-hydroxylation sites is 1. The number of aromatic nitrogens is 1. The summed E-state index contributed by atoms with van der Waals surface area (Å²) in [5.74, 6) is 0. The van der Waals surface area contributed by atoms with Gasteiger partial charge in [0.15, 0.2) is 13.8 Å². The fourth-order valence-corrected chi connectivity index (χ4v) is 12.6. The average Bonchev–Trinajstić information content (AvgIpc) is 3.52. The summed E-state index contributed by atoms with van der Waals surface area (Å²) in [7, 11) is -3.08. The fraction of sp³-hybridized carbons (Fsp3) is 0. The van der Waals surface area contributed by atoms with Crippen molar-refractivity contribution < 1.29 is 0 Å². The summed E-state index contributed by atoms with van der Waals surface area (Å²) >= 11 is 0. The number of fused-ring (bicyclic) bond motifs is 3. The highest BCUT2D eigenvalue weighted by molar-refractivity contribution is 7.20. The van der Waals surface area contributed by atoms with Crippen molar-refractivity contribution in [3.05, 3.63) is 192 Å². The lowest BCUT2D eigenvalue weighted by Gasteiger charge is -2.36. The Morgan fingerprint density at radius 1 is 0.540 bits per heavy atom.